The standard InChI is InChI=1S/C15H17ClN4OS.ClH/c16-12-5-1-3-10(7-12)8-13-19-20-15(22-13)18-14(21)11-4-2-6-17-9-11;/h1,3,5,7,11,17H,2,4,6,8-9H2,(H,18,20,21);1H. The second kappa shape index (κ2) is 8.59. The minimum atomic E-state index is 0. The van der Waals surface area contributed by atoms with Gasteiger partial charge in [-0.1, -0.05) is 35.1 Å². The van der Waals surface area contributed by atoms with Gasteiger partial charge in [0.1, 0.15) is 5.01 Å². The van der Waals surface area contributed by atoms with Crippen molar-refractivity contribution in [2.24, 2.45) is 5.92 Å². The van der Waals surface area contributed by atoms with Crippen molar-refractivity contribution in [2.45, 2.75) is 19.3 Å². The third kappa shape index (κ3) is 5.14. The molecular weight excluding hydrogens is 355 g/mol. The van der Waals surface area contributed by atoms with E-state index in [0.717, 1.165) is 36.5 Å². The summed E-state index contributed by atoms with van der Waals surface area (Å²) >= 11 is 7.38. The van der Waals surface area contributed by atoms with Crippen LogP contribution in [0.3, 0.4) is 0 Å². The quantitative estimate of drug-likeness (QED) is 0.864. The summed E-state index contributed by atoms with van der Waals surface area (Å²) in [4.78, 5) is 12.2. The lowest BCUT2D eigenvalue weighted by molar-refractivity contribution is -0.120. The van der Waals surface area contributed by atoms with Gasteiger partial charge < -0.3 is 10.6 Å². The monoisotopic (exact) mass is 372 g/mol. The molecule has 1 aliphatic rings. The van der Waals surface area contributed by atoms with Gasteiger partial charge in [-0.3, -0.25) is 4.79 Å². The molecular formula is C15H18Cl2N4OS. The first-order chi connectivity index (χ1) is 10.7. The summed E-state index contributed by atoms with van der Waals surface area (Å²) in [6.45, 7) is 1.73. The Labute approximate surface area is 150 Å². The zero-order valence-corrected chi connectivity index (χ0v) is 14.8. The van der Waals surface area contributed by atoms with Gasteiger partial charge >= 0.3 is 0 Å². The van der Waals surface area contributed by atoms with E-state index in [4.69, 9.17) is 11.6 Å². The molecule has 1 aromatic heterocycles. The van der Waals surface area contributed by atoms with Crippen LogP contribution in [0.4, 0.5) is 5.13 Å². The summed E-state index contributed by atoms with van der Waals surface area (Å²) in [6, 6.07) is 7.67. The summed E-state index contributed by atoms with van der Waals surface area (Å²) in [5.74, 6) is 0.0479. The molecule has 1 amide bonds. The molecule has 0 spiro atoms. The molecule has 2 heterocycles. The van der Waals surface area contributed by atoms with E-state index < -0.39 is 0 Å². The molecule has 0 bridgehead atoms. The van der Waals surface area contributed by atoms with Gasteiger partial charge in [0.25, 0.3) is 0 Å². The topological polar surface area (TPSA) is 66.9 Å². The summed E-state index contributed by atoms with van der Waals surface area (Å²) in [5, 5.41) is 16.4. The van der Waals surface area contributed by atoms with Crippen molar-refractivity contribution in [3.8, 4) is 0 Å². The van der Waals surface area contributed by atoms with Crippen LogP contribution in [-0.4, -0.2) is 29.2 Å². The molecule has 23 heavy (non-hydrogen) atoms. The SMILES string of the molecule is Cl.O=C(Nc1nnc(Cc2cccc(Cl)c2)s1)C1CCCNC1. The van der Waals surface area contributed by atoms with Crippen molar-refractivity contribution in [1.29, 1.82) is 0 Å². The van der Waals surface area contributed by atoms with Crippen LogP contribution in [0.2, 0.25) is 5.02 Å². The smallest absolute Gasteiger partial charge is 0.230 e. The molecule has 0 radical (unpaired) electrons. The highest BCUT2D eigenvalue weighted by Crippen LogP contribution is 2.21. The number of nitrogens with one attached hydrogen (secondary N) is 2. The van der Waals surface area contributed by atoms with Crippen LogP contribution in [0.25, 0.3) is 0 Å². The second-order valence-corrected chi connectivity index (χ2v) is 6.84. The largest absolute Gasteiger partial charge is 0.316 e. The molecule has 1 aromatic carbocycles. The summed E-state index contributed by atoms with van der Waals surface area (Å²) in [5.41, 5.74) is 1.08. The van der Waals surface area contributed by atoms with E-state index >= 15 is 0 Å². The van der Waals surface area contributed by atoms with Crippen molar-refractivity contribution in [2.75, 3.05) is 18.4 Å². The number of nitrogens with zero attached hydrogens (tertiary/aromatic N) is 2. The first kappa shape index (κ1) is 18.1. The lowest BCUT2D eigenvalue weighted by Crippen LogP contribution is -2.37. The lowest BCUT2D eigenvalue weighted by Gasteiger charge is -2.21. The fourth-order valence-corrected chi connectivity index (χ4v) is 3.47. The Balaban J connectivity index is 0.00000192. The maximum Gasteiger partial charge on any atom is 0.230 e. The Bertz CT molecular complexity index is 658. The molecule has 1 fully saturated rings. The van der Waals surface area contributed by atoms with Crippen LogP contribution < -0.4 is 10.6 Å². The van der Waals surface area contributed by atoms with Crippen molar-refractivity contribution in [3.63, 3.8) is 0 Å². The molecule has 3 rings (SSSR count). The molecule has 0 saturated carbocycles. The van der Waals surface area contributed by atoms with Gasteiger partial charge in [0, 0.05) is 18.0 Å². The van der Waals surface area contributed by atoms with Crippen molar-refractivity contribution >= 4 is 46.4 Å². The van der Waals surface area contributed by atoms with E-state index in [1.807, 2.05) is 24.3 Å². The number of carbonyl (C=O) groups is 1. The summed E-state index contributed by atoms with van der Waals surface area (Å²) < 4.78 is 0. The minimum absolute atomic E-state index is 0. The number of hydrogen-bond acceptors (Lipinski definition) is 5. The average Bonchev–Trinajstić information content (AvgIpc) is 2.95. The van der Waals surface area contributed by atoms with Gasteiger partial charge in [-0.15, -0.1) is 22.6 Å². The number of halogens is 2. The fraction of sp³-hybridized carbons (Fsp3) is 0.400. The molecule has 1 aliphatic heterocycles. The summed E-state index contributed by atoms with van der Waals surface area (Å²) in [6.07, 6.45) is 2.63. The maximum absolute atomic E-state index is 12.2. The number of rotatable bonds is 4. The van der Waals surface area contributed by atoms with E-state index in [0.29, 0.717) is 16.6 Å². The maximum atomic E-state index is 12.2. The van der Waals surface area contributed by atoms with Crippen molar-refractivity contribution in [3.05, 3.63) is 39.9 Å². The first-order valence-corrected chi connectivity index (χ1v) is 8.48. The van der Waals surface area contributed by atoms with E-state index in [1.54, 1.807) is 0 Å². The van der Waals surface area contributed by atoms with Gasteiger partial charge in [0.2, 0.25) is 11.0 Å². The highest BCUT2D eigenvalue weighted by molar-refractivity contribution is 7.15. The summed E-state index contributed by atoms with van der Waals surface area (Å²) in [7, 11) is 0. The Hall–Kier alpha value is -1.21. The zero-order chi connectivity index (χ0) is 15.4. The number of aromatic nitrogens is 2. The molecule has 8 heteroatoms. The van der Waals surface area contributed by atoms with E-state index in [1.165, 1.54) is 11.3 Å². The fourth-order valence-electron chi connectivity index (χ4n) is 2.48. The number of amides is 1. The molecule has 2 N–H and O–H groups in total. The van der Waals surface area contributed by atoms with Gasteiger partial charge in [0.05, 0.1) is 5.92 Å². The highest BCUT2D eigenvalue weighted by Gasteiger charge is 2.21. The van der Waals surface area contributed by atoms with Crippen molar-refractivity contribution < 1.29 is 4.79 Å². The van der Waals surface area contributed by atoms with Crippen molar-refractivity contribution in [1.82, 2.24) is 15.5 Å². The number of carbonyl (C=O) groups excluding carboxylic acids is 1. The minimum Gasteiger partial charge on any atom is -0.316 e. The molecule has 1 atom stereocenters. The Morgan fingerprint density at radius 2 is 2.30 bits per heavy atom. The van der Waals surface area contributed by atoms with Crippen LogP contribution >= 0.6 is 35.3 Å². The van der Waals surface area contributed by atoms with Crippen LogP contribution in [0.15, 0.2) is 24.3 Å². The predicted molar refractivity (Wildman–Crippen MR) is 95.6 cm³/mol. The second-order valence-electron chi connectivity index (χ2n) is 5.34. The highest BCUT2D eigenvalue weighted by atomic mass is 35.5. The van der Waals surface area contributed by atoms with Gasteiger partial charge in [-0.25, -0.2) is 0 Å². The van der Waals surface area contributed by atoms with Crippen LogP contribution in [0, 0.1) is 5.92 Å². The van der Waals surface area contributed by atoms with Gasteiger partial charge in [0.15, 0.2) is 0 Å². The Morgan fingerprint density at radius 3 is 3.04 bits per heavy atom. The number of hydrogen-bond donors (Lipinski definition) is 2. The Kier molecular flexibility index (Phi) is 6.77. The number of piperidine rings is 1. The average molecular weight is 373 g/mol. The molecule has 1 unspecified atom stereocenters. The third-order valence-corrected chi connectivity index (χ3v) is 4.68. The predicted octanol–water partition coefficient (Wildman–Crippen LogP) is 3.14. The van der Waals surface area contributed by atoms with E-state index in [2.05, 4.69) is 20.8 Å². The van der Waals surface area contributed by atoms with Crippen LogP contribution in [0.5, 0.6) is 0 Å². The number of benzene rings is 1. The Morgan fingerprint density at radius 1 is 1.43 bits per heavy atom. The zero-order valence-electron chi connectivity index (χ0n) is 12.4. The first-order valence-electron chi connectivity index (χ1n) is 7.29. The van der Waals surface area contributed by atoms with E-state index in [9.17, 15) is 4.79 Å². The van der Waals surface area contributed by atoms with Crippen LogP contribution in [-0.2, 0) is 11.2 Å². The molecule has 2 aromatic rings. The lowest BCUT2D eigenvalue weighted by atomic mass is 9.99. The van der Waals surface area contributed by atoms with Gasteiger partial charge in [-0.2, -0.15) is 0 Å². The molecule has 5 nitrogen and oxygen atoms in total. The molecule has 0 aliphatic carbocycles. The number of anilines is 1. The van der Waals surface area contributed by atoms with Gasteiger partial charge in [-0.05, 0) is 37.1 Å². The molecule has 124 valence electrons. The van der Waals surface area contributed by atoms with Crippen LogP contribution in [0.1, 0.15) is 23.4 Å². The normalized spacial score (nSPS) is 17.3. The molecule has 1 saturated heterocycles. The third-order valence-electron chi connectivity index (χ3n) is 3.61. The van der Waals surface area contributed by atoms with E-state index in [-0.39, 0.29) is 24.2 Å².